The van der Waals surface area contributed by atoms with Gasteiger partial charge in [0, 0.05) is 41.7 Å². The van der Waals surface area contributed by atoms with Gasteiger partial charge in [-0.05, 0) is 18.2 Å². The fourth-order valence-corrected chi connectivity index (χ4v) is 3.29. The molecule has 0 saturated heterocycles. The highest BCUT2D eigenvalue weighted by Gasteiger charge is 2.24. The number of ether oxygens (including phenoxy) is 4. The van der Waals surface area contributed by atoms with Crippen molar-refractivity contribution in [2.75, 3.05) is 58.7 Å². The second-order valence-electron chi connectivity index (χ2n) is 9.21. The van der Waals surface area contributed by atoms with E-state index < -0.39 is 5.41 Å². The summed E-state index contributed by atoms with van der Waals surface area (Å²) in [5, 5.41) is 10.8. The molecule has 0 saturated carbocycles. The first kappa shape index (κ1) is 27.5. The lowest BCUT2D eigenvalue weighted by Crippen LogP contribution is -2.19. The summed E-state index contributed by atoms with van der Waals surface area (Å²) in [5.74, 6) is -0.307. The number of amides is 1. The van der Waals surface area contributed by atoms with Gasteiger partial charge in [0.2, 0.25) is 0 Å². The number of carbonyl (C=O) groups excluding carboxylic acids is 2. The molecule has 0 aliphatic rings. The van der Waals surface area contributed by atoms with E-state index in [9.17, 15) is 9.59 Å². The van der Waals surface area contributed by atoms with E-state index in [1.165, 1.54) is 0 Å². The highest BCUT2D eigenvalue weighted by molar-refractivity contribution is 6.03. The van der Waals surface area contributed by atoms with Crippen LogP contribution in [0.1, 0.15) is 41.6 Å². The number of hydrogen-bond acceptors (Lipinski definition) is 8. The fraction of sp³-hybridized carbons (Fsp3) is 0.520. The van der Waals surface area contributed by atoms with Gasteiger partial charge in [-0.2, -0.15) is 0 Å². The van der Waals surface area contributed by atoms with Crippen LogP contribution in [0.3, 0.4) is 0 Å². The van der Waals surface area contributed by atoms with Crippen LogP contribution in [0.4, 0.5) is 5.69 Å². The van der Waals surface area contributed by atoms with Gasteiger partial charge in [0.05, 0.1) is 59.0 Å². The Kier molecular flexibility index (Phi) is 10.1. The number of fused-ring (bicyclic) bond motifs is 1. The average molecular weight is 502 g/mol. The molecule has 0 atom stereocenters. The Morgan fingerprint density at radius 1 is 0.944 bits per heavy atom. The number of pyridine rings is 1. The third kappa shape index (κ3) is 8.23. The fourth-order valence-electron chi connectivity index (χ4n) is 3.29. The monoisotopic (exact) mass is 501 g/mol. The van der Waals surface area contributed by atoms with Gasteiger partial charge in [-0.15, -0.1) is 5.10 Å². The zero-order valence-corrected chi connectivity index (χ0v) is 21.4. The van der Waals surface area contributed by atoms with Crippen molar-refractivity contribution in [2.24, 2.45) is 5.41 Å². The summed E-state index contributed by atoms with van der Waals surface area (Å²) in [6.07, 6.45) is 5.17. The number of methoxy groups -OCH3 is 1. The van der Waals surface area contributed by atoms with E-state index in [0.717, 1.165) is 5.52 Å². The molecule has 11 nitrogen and oxygen atoms in total. The summed E-state index contributed by atoms with van der Waals surface area (Å²) in [6.45, 7) is 9.61. The number of carbonyl (C=O) groups is 2. The molecule has 0 aliphatic carbocycles. The van der Waals surface area contributed by atoms with Crippen molar-refractivity contribution in [2.45, 2.75) is 27.3 Å². The van der Waals surface area contributed by atoms with Gasteiger partial charge in [-0.3, -0.25) is 9.59 Å². The summed E-state index contributed by atoms with van der Waals surface area (Å²) in [7, 11) is 1.63. The molecule has 0 bridgehead atoms. The number of nitrogens with zero attached hydrogens (tertiary/aromatic N) is 4. The van der Waals surface area contributed by atoms with Crippen LogP contribution in [0.15, 0.2) is 36.8 Å². The number of anilines is 1. The normalized spacial score (nSPS) is 11.8. The highest BCUT2D eigenvalue weighted by atomic mass is 16.6. The summed E-state index contributed by atoms with van der Waals surface area (Å²) in [4.78, 5) is 25.2. The Hall–Kier alpha value is -3.12. The quantitative estimate of drug-likeness (QED) is 0.249. The van der Waals surface area contributed by atoms with Gasteiger partial charge in [-0.1, -0.05) is 26.0 Å². The number of Topliss-reactive ketones (excluding diaryl/α,β-unsaturated/α-hetero) is 1. The van der Waals surface area contributed by atoms with Crippen molar-refractivity contribution >= 4 is 22.9 Å². The number of nitrogens with one attached hydrogen (secondary N) is 1. The smallest absolute Gasteiger partial charge is 0.277 e. The van der Waals surface area contributed by atoms with Crippen LogP contribution < -0.4 is 5.32 Å². The SMILES string of the molecule is COCCOCCOCCOCCn1cc(C(=O)Nc2ccn3cc(C(=O)C(C)(C)C)cc3c2)nn1. The van der Waals surface area contributed by atoms with E-state index in [2.05, 4.69) is 15.6 Å². The van der Waals surface area contributed by atoms with E-state index in [1.54, 1.807) is 36.4 Å². The van der Waals surface area contributed by atoms with Gasteiger partial charge in [0.25, 0.3) is 5.91 Å². The molecular weight excluding hydrogens is 466 g/mol. The van der Waals surface area contributed by atoms with Gasteiger partial charge in [-0.25, -0.2) is 4.68 Å². The topological polar surface area (TPSA) is 118 Å². The standard InChI is InChI=1S/C25H35N5O6/c1-25(2,3)23(31)19-15-21-16-20(5-6-29(21)17-19)26-24(32)22-18-30(28-27-22)7-8-34-11-12-36-14-13-35-10-9-33-4/h5-6,15-18H,7-14H2,1-4H3,(H,26,32). The first-order valence-electron chi connectivity index (χ1n) is 11.9. The maximum absolute atomic E-state index is 12.6. The molecule has 1 amide bonds. The Morgan fingerprint density at radius 2 is 1.61 bits per heavy atom. The molecular formula is C25H35N5O6. The molecule has 3 rings (SSSR count). The number of rotatable bonds is 15. The Balaban J connectivity index is 1.40. The molecule has 36 heavy (non-hydrogen) atoms. The number of ketones is 1. The van der Waals surface area contributed by atoms with Crippen LogP contribution in [0, 0.1) is 5.41 Å². The summed E-state index contributed by atoms with van der Waals surface area (Å²) in [5.41, 5.74) is 1.78. The van der Waals surface area contributed by atoms with Crippen LogP contribution in [0.25, 0.3) is 5.52 Å². The van der Waals surface area contributed by atoms with Crippen molar-refractivity contribution in [1.29, 1.82) is 0 Å². The molecule has 0 aliphatic heterocycles. The van der Waals surface area contributed by atoms with Crippen molar-refractivity contribution in [3.05, 3.63) is 48.0 Å². The van der Waals surface area contributed by atoms with Crippen LogP contribution in [0.2, 0.25) is 0 Å². The molecule has 0 spiro atoms. The summed E-state index contributed by atoms with van der Waals surface area (Å²) < 4.78 is 24.5. The van der Waals surface area contributed by atoms with Gasteiger partial charge in [0.15, 0.2) is 11.5 Å². The minimum absolute atomic E-state index is 0.0632. The Morgan fingerprint density at radius 3 is 2.28 bits per heavy atom. The van der Waals surface area contributed by atoms with Crippen LogP contribution in [0.5, 0.6) is 0 Å². The highest BCUT2D eigenvalue weighted by Crippen LogP contribution is 2.24. The minimum Gasteiger partial charge on any atom is -0.382 e. The first-order chi connectivity index (χ1) is 17.3. The molecule has 0 fully saturated rings. The largest absolute Gasteiger partial charge is 0.382 e. The van der Waals surface area contributed by atoms with E-state index >= 15 is 0 Å². The van der Waals surface area contributed by atoms with Crippen LogP contribution in [-0.2, 0) is 25.5 Å². The molecule has 196 valence electrons. The molecule has 3 aromatic rings. The van der Waals surface area contributed by atoms with E-state index in [-0.39, 0.29) is 17.4 Å². The van der Waals surface area contributed by atoms with Crippen molar-refractivity contribution in [3.8, 4) is 0 Å². The lowest BCUT2D eigenvalue weighted by molar-refractivity contribution is 0.00244. The Labute approximate surface area is 210 Å². The van der Waals surface area contributed by atoms with E-state index in [0.29, 0.717) is 64.0 Å². The second-order valence-corrected chi connectivity index (χ2v) is 9.21. The lowest BCUT2D eigenvalue weighted by Gasteiger charge is -2.14. The number of aromatic nitrogens is 4. The molecule has 1 N–H and O–H groups in total. The maximum atomic E-state index is 12.6. The predicted octanol–water partition coefficient (Wildman–Crippen LogP) is 2.71. The first-order valence-corrected chi connectivity index (χ1v) is 11.9. The van der Waals surface area contributed by atoms with Crippen molar-refractivity contribution in [1.82, 2.24) is 19.4 Å². The molecule has 0 radical (unpaired) electrons. The lowest BCUT2D eigenvalue weighted by atomic mass is 9.87. The molecule has 0 aromatic carbocycles. The van der Waals surface area contributed by atoms with Crippen LogP contribution in [-0.4, -0.2) is 84.4 Å². The van der Waals surface area contributed by atoms with Crippen LogP contribution >= 0.6 is 0 Å². The van der Waals surface area contributed by atoms with Crippen molar-refractivity contribution in [3.63, 3.8) is 0 Å². The third-order valence-electron chi connectivity index (χ3n) is 5.21. The summed E-state index contributed by atoms with van der Waals surface area (Å²) in [6, 6.07) is 5.40. The molecule has 3 heterocycles. The molecule has 3 aromatic heterocycles. The second kappa shape index (κ2) is 13.3. The Bertz CT molecular complexity index is 1130. The van der Waals surface area contributed by atoms with E-state index in [4.69, 9.17) is 18.9 Å². The molecule has 0 unspecified atom stereocenters. The average Bonchev–Trinajstić information content (AvgIpc) is 3.48. The van der Waals surface area contributed by atoms with Crippen molar-refractivity contribution < 1.29 is 28.5 Å². The van der Waals surface area contributed by atoms with E-state index in [1.807, 2.05) is 37.3 Å². The third-order valence-corrected chi connectivity index (χ3v) is 5.21. The van der Waals surface area contributed by atoms with Gasteiger partial charge < -0.3 is 28.7 Å². The zero-order chi connectivity index (χ0) is 26.0. The molecule has 11 heteroatoms. The maximum Gasteiger partial charge on any atom is 0.277 e. The minimum atomic E-state index is -0.466. The summed E-state index contributed by atoms with van der Waals surface area (Å²) >= 11 is 0. The van der Waals surface area contributed by atoms with Gasteiger partial charge >= 0.3 is 0 Å². The predicted molar refractivity (Wildman–Crippen MR) is 133 cm³/mol. The number of hydrogen-bond donors (Lipinski definition) is 1. The van der Waals surface area contributed by atoms with Gasteiger partial charge in [0.1, 0.15) is 0 Å². The zero-order valence-electron chi connectivity index (χ0n) is 21.4.